The fourth-order valence-corrected chi connectivity index (χ4v) is 3.42. The fraction of sp³-hybridized carbons (Fsp3) is 0.286. The van der Waals surface area contributed by atoms with Crippen LogP contribution < -0.4 is 10.6 Å². The topological polar surface area (TPSA) is 71.8 Å². The molecule has 138 valence electrons. The summed E-state index contributed by atoms with van der Waals surface area (Å²) in [5.74, 6) is 0.553. The predicted molar refractivity (Wildman–Crippen MR) is 105 cm³/mol. The van der Waals surface area contributed by atoms with Gasteiger partial charge in [-0.05, 0) is 56.1 Å². The molecule has 4 rings (SSSR count). The zero-order valence-corrected chi connectivity index (χ0v) is 15.1. The largest absolute Gasteiger partial charge is 0.352 e. The summed E-state index contributed by atoms with van der Waals surface area (Å²) in [4.78, 5) is 17.0. The molecular formula is C21H23N5O. The summed E-state index contributed by atoms with van der Waals surface area (Å²) < 4.78 is 1.75. The highest BCUT2D eigenvalue weighted by molar-refractivity contribution is 5.99. The van der Waals surface area contributed by atoms with Crippen LogP contribution in [-0.2, 0) is 0 Å². The SMILES string of the molecule is O=C(NCCC1CCNC1)c1cn(-c2ccccc2)nc1-c1cccnc1. The molecule has 0 aliphatic carbocycles. The first kappa shape index (κ1) is 17.4. The molecule has 27 heavy (non-hydrogen) atoms. The van der Waals surface area contributed by atoms with Crippen LogP contribution in [0.25, 0.3) is 16.9 Å². The van der Waals surface area contributed by atoms with Crippen LogP contribution in [-0.4, -0.2) is 40.3 Å². The molecule has 3 aromatic rings. The Bertz CT molecular complexity index is 885. The Kier molecular flexibility index (Phi) is 5.25. The Balaban J connectivity index is 1.57. The van der Waals surface area contributed by atoms with E-state index in [0.29, 0.717) is 23.7 Å². The standard InChI is InChI=1S/C21H23N5O/c27-21(24-12-9-16-8-11-23-13-16)19-15-26(18-6-2-1-3-7-18)25-20(19)17-5-4-10-22-14-17/h1-7,10,14-16,23H,8-9,11-13H2,(H,24,27). The van der Waals surface area contributed by atoms with E-state index in [9.17, 15) is 4.79 Å². The van der Waals surface area contributed by atoms with Gasteiger partial charge < -0.3 is 10.6 Å². The summed E-state index contributed by atoms with van der Waals surface area (Å²) in [7, 11) is 0. The molecule has 2 N–H and O–H groups in total. The van der Waals surface area contributed by atoms with Gasteiger partial charge in [0.05, 0.1) is 11.3 Å². The van der Waals surface area contributed by atoms with E-state index < -0.39 is 0 Å². The highest BCUT2D eigenvalue weighted by Gasteiger charge is 2.20. The number of rotatable bonds is 6. The van der Waals surface area contributed by atoms with Crippen molar-refractivity contribution in [2.24, 2.45) is 5.92 Å². The summed E-state index contributed by atoms with van der Waals surface area (Å²) >= 11 is 0. The number of para-hydroxylation sites is 1. The summed E-state index contributed by atoms with van der Waals surface area (Å²) in [6.07, 6.45) is 7.42. The number of hydrogen-bond acceptors (Lipinski definition) is 4. The molecule has 0 spiro atoms. The van der Waals surface area contributed by atoms with Crippen molar-refractivity contribution in [3.8, 4) is 16.9 Å². The van der Waals surface area contributed by atoms with Gasteiger partial charge in [0.1, 0.15) is 5.69 Å². The normalized spacial score (nSPS) is 16.4. The van der Waals surface area contributed by atoms with Gasteiger partial charge in [0, 0.05) is 30.7 Å². The summed E-state index contributed by atoms with van der Waals surface area (Å²) in [5.41, 5.74) is 2.96. The first-order chi connectivity index (χ1) is 13.3. The Morgan fingerprint density at radius 1 is 1.22 bits per heavy atom. The van der Waals surface area contributed by atoms with Crippen LogP contribution in [0.5, 0.6) is 0 Å². The van der Waals surface area contributed by atoms with Crippen molar-refractivity contribution in [2.45, 2.75) is 12.8 Å². The molecule has 1 aromatic carbocycles. The molecular weight excluding hydrogens is 338 g/mol. The minimum atomic E-state index is -0.0954. The van der Waals surface area contributed by atoms with Gasteiger partial charge in [0.2, 0.25) is 0 Å². The molecule has 1 saturated heterocycles. The van der Waals surface area contributed by atoms with Crippen molar-refractivity contribution in [1.82, 2.24) is 25.4 Å². The van der Waals surface area contributed by atoms with Crippen LogP contribution in [0.2, 0.25) is 0 Å². The summed E-state index contributed by atoms with van der Waals surface area (Å²) in [6.45, 7) is 2.80. The molecule has 3 heterocycles. The molecule has 0 saturated carbocycles. The predicted octanol–water partition coefficient (Wildman–Crippen LogP) is 2.66. The van der Waals surface area contributed by atoms with Crippen LogP contribution in [0, 0.1) is 5.92 Å². The fourth-order valence-electron chi connectivity index (χ4n) is 3.42. The lowest BCUT2D eigenvalue weighted by molar-refractivity contribution is 0.0952. The summed E-state index contributed by atoms with van der Waals surface area (Å²) in [5, 5.41) is 11.1. The molecule has 6 nitrogen and oxygen atoms in total. The van der Waals surface area contributed by atoms with Gasteiger partial charge in [-0.1, -0.05) is 18.2 Å². The van der Waals surface area contributed by atoms with Crippen molar-refractivity contribution in [3.05, 3.63) is 66.6 Å². The van der Waals surface area contributed by atoms with E-state index in [-0.39, 0.29) is 5.91 Å². The molecule has 1 aliphatic rings. The number of pyridine rings is 1. The molecule has 2 aromatic heterocycles. The number of benzene rings is 1. The number of hydrogen-bond donors (Lipinski definition) is 2. The zero-order chi connectivity index (χ0) is 18.5. The molecule has 6 heteroatoms. The Hall–Kier alpha value is -2.99. The van der Waals surface area contributed by atoms with Crippen LogP contribution in [0.1, 0.15) is 23.2 Å². The number of nitrogens with zero attached hydrogens (tertiary/aromatic N) is 3. The second-order valence-corrected chi connectivity index (χ2v) is 6.82. The zero-order valence-electron chi connectivity index (χ0n) is 15.1. The number of carbonyl (C=O) groups excluding carboxylic acids is 1. The molecule has 0 radical (unpaired) electrons. The van der Waals surface area contributed by atoms with E-state index in [1.54, 1.807) is 23.3 Å². The summed E-state index contributed by atoms with van der Waals surface area (Å²) in [6, 6.07) is 13.6. The van der Waals surface area contributed by atoms with Crippen LogP contribution in [0.15, 0.2) is 61.1 Å². The van der Waals surface area contributed by atoms with Crippen LogP contribution in [0.3, 0.4) is 0 Å². The van der Waals surface area contributed by atoms with Crippen molar-refractivity contribution in [3.63, 3.8) is 0 Å². The van der Waals surface area contributed by atoms with E-state index in [4.69, 9.17) is 0 Å². The van der Waals surface area contributed by atoms with Gasteiger partial charge in [-0.2, -0.15) is 5.10 Å². The first-order valence-electron chi connectivity index (χ1n) is 9.35. The van der Waals surface area contributed by atoms with Gasteiger partial charge >= 0.3 is 0 Å². The average molecular weight is 361 g/mol. The third kappa shape index (κ3) is 4.06. The van der Waals surface area contributed by atoms with E-state index in [1.807, 2.05) is 42.5 Å². The number of nitrogens with one attached hydrogen (secondary N) is 2. The van der Waals surface area contributed by atoms with Crippen LogP contribution >= 0.6 is 0 Å². The lowest BCUT2D eigenvalue weighted by Gasteiger charge is -2.09. The van der Waals surface area contributed by atoms with Crippen LogP contribution in [0.4, 0.5) is 0 Å². The van der Waals surface area contributed by atoms with E-state index in [0.717, 1.165) is 30.8 Å². The quantitative estimate of drug-likeness (QED) is 0.708. The van der Waals surface area contributed by atoms with Crippen molar-refractivity contribution >= 4 is 5.91 Å². The van der Waals surface area contributed by atoms with E-state index in [2.05, 4.69) is 20.7 Å². The maximum absolute atomic E-state index is 12.9. The van der Waals surface area contributed by atoms with Gasteiger partial charge in [-0.3, -0.25) is 9.78 Å². The van der Waals surface area contributed by atoms with Gasteiger partial charge in [-0.25, -0.2) is 4.68 Å². The maximum Gasteiger partial charge on any atom is 0.255 e. The third-order valence-corrected chi connectivity index (χ3v) is 4.92. The first-order valence-corrected chi connectivity index (χ1v) is 9.35. The van der Waals surface area contributed by atoms with Gasteiger partial charge in [0.15, 0.2) is 0 Å². The average Bonchev–Trinajstić information content (AvgIpc) is 3.39. The lowest BCUT2D eigenvalue weighted by Crippen LogP contribution is -2.26. The van der Waals surface area contributed by atoms with E-state index >= 15 is 0 Å². The number of aromatic nitrogens is 3. The molecule has 1 unspecified atom stereocenters. The van der Waals surface area contributed by atoms with Gasteiger partial charge in [0.25, 0.3) is 5.91 Å². The minimum absolute atomic E-state index is 0.0954. The molecule has 1 fully saturated rings. The second kappa shape index (κ2) is 8.14. The van der Waals surface area contributed by atoms with Crippen molar-refractivity contribution in [2.75, 3.05) is 19.6 Å². The maximum atomic E-state index is 12.9. The monoisotopic (exact) mass is 361 g/mol. The van der Waals surface area contributed by atoms with Crippen molar-refractivity contribution in [1.29, 1.82) is 0 Å². The number of amides is 1. The Morgan fingerprint density at radius 2 is 2.11 bits per heavy atom. The van der Waals surface area contributed by atoms with Crippen molar-refractivity contribution < 1.29 is 4.79 Å². The third-order valence-electron chi connectivity index (χ3n) is 4.92. The van der Waals surface area contributed by atoms with E-state index in [1.165, 1.54) is 6.42 Å². The Morgan fingerprint density at radius 3 is 2.85 bits per heavy atom. The minimum Gasteiger partial charge on any atom is -0.352 e. The number of carbonyl (C=O) groups is 1. The molecule has 1 atom stereocenters. The van der Waals surface area contributed by atoms with Gasteiger partial charge in [-0.15, -0.1) is 0 Å². The highest BCUT2D eigenvalue weighted by Crippen LogP contribution is 2.23. The smallest absolute Gasteiger partial charge is 0.255 e. The molecule has 1 aliphatic heterocycles. The molecule has 1 amide bonds. The highest BCUT2D eigenvalue weighted by atomic mass is 16.1. The second-order valence-electron chi connectivity index (χ2n) is 6.82. The molecule has 0 bridgehead atoms. The Labute approximate surface area is 158 Å². The lowest BCUT2D eigenvalue weighted by atomic mass is 10.1.